The van der Waals surface area contributed by atoms with Crippen LogP contribution in [0.1, 0.15) is 24.2 Å². The summed E-state index contributed by atoms with van der Waals surface area (Å²) in [6.07, 6.45) is 1.67. The highest BCUT2D eigenvalue weighted by Crippen LogP contribution is 2.31. The summed E-state index contributed by atoms with van der Waals surface area (Å²) in [5.74, 6) is 1.37. The molecule has 1 aliphatic heterocycles. The molecule has 6 N–H and O–H groups in total. The third-order valence-electron chi connectivity index (χ3n) is 7.10. The quantitative estimate of drug-likeness (QED) is 0.166. The highest BCUT2D eigenvalue weighted by atomic mass is 16.9. The zero-order valence-corrected chi connectivity index (χ0v) is 22.9. The molecule has 6 rings (SSSR count). The molecule has 0 saturated carbocycles. The fourth-order valence-corrected chi connectivity index (χ4v) is 5.12. The van der Waals surface area contributed by atoms with Crippen LogP contribution < -0.4 is 15.8 Å². The Balaban J connectivity index is 1.21. The summed E-state index contributed by atoms with van der Waals surface area (Å²) in [7, 11) is 0. The van der Waals surface area contributed by atoms with Gasteiger partial charge >= 0.3 is 6.16 Å². The van der Waals surface area contributed by atoms with E-state index < -0.39 is 6.16 Å². The van der Waals surface area contributed by atoms with Crippen LogP contribution in [0.15, 0.2) is 67.0 Å². The third kappa shape index (κ3) is 6.35. The fraction of sp³-hybridized carbons (Fsp3) is 0.241. The summed E-state index contributed by atoms with van der Waals surface area (Å²) < 4.78 is 6.52. The van der Waals surface area contributed by atoms with E-state index >= 15 is 0 Å². The molecule has 5 heterocycles. The molecular weight excluding hydrogens is 552 g/mol. The highest BCUT2D eigenvalue weighted by molar-refractivity contribution is 5.83. The zero-order valence-electron chi connectivity index (χ0n) is 22.9. The van der Waals surface area contributed by atoms with Crippen molar-refractivity contribution in [2.24, 2.45) is 0 Å². The average Bonchev–Trinajstić information content (AvgIpc) is 3.36. The molecule has 14 nitrogen and oxygen atoms in total. The second kappa shape index (κ2) is 11.6. The van der Waals surface area contributed by atoms with Gasteiger partial charge in [0.05, 0.1) is 5.56 Å². The number of nitriles is 1. The lowest BCUT2D eigenvalue weighted by Crippen LogP contribution is -2.38. The first-order valence-electron chi connectivity index (χ1n) is 13.5. The lowest BCUT2D eigenvalue weighted by atomic mass is 10.0. The molecule has 0 atom stereocenters. The van der Waals surface area contributed by atoms with Gasteiger partial charge in [0.25, 0.3) is 0 Å². The van der Waals surface area contributed by atoms with Crippen LogP contribution in [-0.4, -0.2) is 75.0 Å². The molecule has 1 aliphatic rings. The molecule has 0 aliphatic carbocycles. The normalized spacial score (nSPS) is 14.5. The van der Waals surface area contributed by atoms with Gasteiger partial charge in [-0.25, -0.2) is 19.9 Å². The molecule has 0 amide bonds. The van der Waals surface area contributed by atoms with E-state index in [1.54, 1.807) is 41.2 Å². The Hall–Kier alpha value is -5.20. The molecule has 1 aromatic carbocycles. The minimum atomic E-state index is -3.38. The third-order valence-corrected chi connectivity index (χ3v) is 7.10. The number of likely N-dealkylation sites (tertiary alicyclic amines) is 1. The number of nitrogens with one attached hydrogen (secondary N) is 1. The lowest BCUT2D eigenvalue weighted by Gasteiger charge is -2.32. The van der Waals surface area contributed by atoms with Crippen molar-refractivity contribution >= 4 is 22.8 Å². The maximum Gasteiger partial charge on any atom is 0.454 e. The van der Waals surface area contributed by atoms with Gasteiger partial charge in [-0.15, -0.1) is 0 Å². The molecule has 43 heavy (non-hydrogen) atoms. The second-order valence-electron chi connectivity index (χ2n) is 10.1. The molecule has 0 bridgehead atoms. The monoisotopic (exact) mass is 580 g/mol. The SMILES string of the molecule is N#Cc1nccc(NC2CCN(Cc3ccc(-n4c(-c5cccnc5N)nc5ccc(OC(O)(O)O)nc54)cc3)CC2)n1. The van der Waals surface area contributed by atoms with E-state index in [0.29, 0.717) is 28.4 Å². The fourth-order valence-electron chi connectivity index (χ4n) is 5.12. The van der Waals surface area contributed by atoms with Gasteiger partial charge in [-0.3, -0.25) is 9.47 Å². The topological polar surface area (TPSA) is 204 Å². The number of ether oxygens (including phenoxy) is 1. The Labute approximate surface area is 245 Å². The van der Waals surface area contributed by atoms with Crippen LogP contribution in [0.5, 0.6) is 5.88 Å². The number of imidazole rings is 1. The molecule has 0 radical (unpaired) electrons. The van der Waals surface area contributed by atoms with Gasteiger partial charge in [-0.05, 0) is 54.8 Å². The van der Waals surface area contributed by atoms with Gasteiger partial charge in [-0.2, -0.15) is 10.2 Å². The van der Waals surface area contributed by atoms with Gasteiger partial charge in [-0.1, -0.05) is 12.1 Å². The predicted octanol–water partition coefficient (Wildman–Crippen LogP) is 1.77. The number of hydrogen-bond donors (Lipinski definition) is 5. The Kier molecular flexibility index (Phi) is 7.53. The number of rotatable bonds is 8. The van der Waals surface area contributed by atoms with Crippen molar-refractivity contribution in [1.82, 2.24) is 34.4 Å². The number of piperidine rings is 1. The summed E-state index contributed by atoms with van der Waals surface area (Å²) >= 11 is 0. The Bertz CT molecular complexity index is 1790. The summed E-state index contributed by atoms with van der Waals surface area (Å²) in [4.78, 5) is 23.8. The lowest BCUT2D eigenvalue weighted by molar-refractivity contribution is -0.420. The number of nitrogens with two attached hydrogens (primary N) is 1. The Morgan fingerprint density at radius 3 is 2.49 bits per heavy atom. The standard InChI is InChI=1S/C29H28N10O4/c30-16-24-32-13-9-23(36-24)34-19-10-14-38(15-11-19)17-18-3-5-20(6-4-18)39-27(21-2-1-12-33-26(21)31)35-22-7-8-25(37-28(22)39)43-29(40,41)42/h1-9,12-13,19,40-42H,10-11,14-15,17H2,(H2,31,33)(H,32,34,36). The van der Waals surface area contributed by atoms with E-state index in [1.807, 2.05) is 30.3 Å². The molecule has 14 heteroatoms. The van der Waals surface area contributed by atoms with Gasteiger partial charge in [0.15, 0.2) is 11.5 Å². The molecule has 218 valence electrons. The number of nitrogen functional groups attached to an aromatic ring is 1. The first-order valence-corrected chi connectivity index (χ1v) is 13.5. The second-order valence-corrected chi connectivity index (χ2v) is 10.1. The summed E-state index contributed by atoms with van der Waals surface area (Å²) in [6, 6.07) is 18.5. The van der Waals surface area contributed by atoms with E-state index in [9.17, 15) is 15.3 Å². The van der Waals surface area contributed by atoms with Gasteiger partial charge in [0.2, 0.25) is 11.7 Å². The number of nitrogens with zero attached hydrogens (tertiary/aromatic N) is 8. The number of hydrogen-bond acceptors (Lipinski definition) is 13. The number of aromatic nitrogens is 6. The molecule has 5 aromatic rings. The maximum absolute atomic E-state index is 9.29. The van der Waals surface area contributed by atoms with E-state index in [0.717, 1.165) is 43.7 Å². The largest absolute Gasteiger partial charge is 0.454 e. The average molecular weight is 581 g/mol. The minimum absolute atomic E-state index is 0.151. The van der Waals surface area contributed by atoms with Crippen LogP contribution in [0.25, 0.3) is 28.2 Å². The van der Waals surface area contributed by atoms with Crippen LogP contribution >= 0.6 is 0 Å². The summed E-state index contributed by atoms with van der Waals surface area (Å²) in [5, 5.41) is 40.3. The molecule has 0 spiro atoms. The van der Waals surface area contributed by atoms with Crippen LogP contribution in [0.4, 0.5) is 11.6 Å². The first-order chi connectivity index (χ1) is 20.8. The Morgan fingerprint density at radius 2 is 1.77 bits per heavy atom. The van der Waals surface area contributed by atoms with E-state index in [4.69, 9.17) is 20.7 Å². The number of aliphatic hydroxyl groups is 3. The van der Waals surface area contributed by atoms with Crippen LogP contribution in [-0.2, 0) is 6.54 Å². The van der Waals surface area contributed by atoms with Crippen molar-refractivity contribution in [2.45, 2.75) is 31.6 Å². The minimum Gasteiger partial charge on any atom is -0.399 e. The predicted molar refractivity (Wildman–Crippen MR) is 155 cm³/mol. The highest BCUT2D eigenvalue weighted by Gasteiger charge is 2.24. The van der Waals surface area contributed by atoms with Crippen molar-refractivity contribution in [3.63, 3.8) is 0 Å². The maximum atomic E-state index is 9.29. The van der Waals surface area contributed by atoms with E-state index in [2.05, 4.69) is 30.2 Å². The van der Waals surface area contributed by atoms with Crippen LogP contribution in [0.2, 0.25) is 0 Å². The smallest absolute Gasteiger partial charge is 0.399 e. The van der Waals surface area contributed by atoms with Crippen molar-refractivity contribution in [2.75, 3.05) is 24.1 Å². The van der Waals surface area contributed by atoms with Gasteiger partial charge in [0, 0.05) is 49.8 Å². The van der Waals surface area contributed by atoms with E-state index in [-0.39, 0.29) is 23.6 Å². The molecular formula is C29H28N10O4. The zero-order chi connectivity index (χ0) is 30.0. The molecule has 0 unspecified atom stereocenters. The number of fused-ring (bicyclic) bond motifs is 1. The van der Waals surface area contributed by atoms with E-state index in [1.165, 1.54) is 6.07 Å². The van der Waals surface area contributed by atoms with Crippen molar-refractivity contribution in [1.29, 1.82) is 5.26 Å². The summed E-state index contributed by atoms with van der Waals surface area (Å²) in [6.45, 7) is 2.58. The molecule has 1 fully saturated rings. The van der Waals surface area contributed by atoms with Crippen molar-refractivity contribution in [3.05, 3.63) is 78.4 Å². The van der Waals surface area contributed by atoms with Gasteiger partial charge in [0.1, 0.15) is 23.2 Å². The number of anilines is 2. The van der Waals surface area contributed by atoms with Crippen molar-refractivity contribution < 1.29 is 20.1 Å². The Morgan fingerprint density at radius 1 is 0.977 bits per heavy atom. The van der Waals surface area contributed by atoms with Gasteiger partial charge < -0.3 is 31.1 Å². The van der Waals surface area contributed by atoms with Crippen LogP contribution in [0, 0.1) is 11.3 Å². The molecule has 1 saturated heterocycles. The number of benzene rings is 1. The number of pyridine rings is 2. The summed E-state index contributed by atoms with van der Waals surface area (Å²) in [5.41, 5.74) is 9.50. The van der Waals surface area contributed by atoms with Crippen LogP contribution in [0.3, 0.4) is 0 Å². The first kappa shape index (κ1) is 27.9. The molecule has 4 aromatic heterocycles. The van der Waals surface area contributed by atoms with Crippen molar-refractivity contribution in [3.8, 4) is 29.0 Å².